The summed E-state index contributed by atoms with van der Waals surface area (Å²) in [6.07, 6.45) is 2.55. The average molecular weight is 374 g/mol. The second-order valence-corrected chi connectivity index (χ2v) is 7.72. The van der Waals surface area contributed by atoms with Gasteiger partial charge in [-0.05, 0) is 36.5 Å². The summed E-state index contributed by atoms with van der Waals surface area (Å²) in [4.78, 5) is 31.4. The molecule has 1 fully saturated rings. The smallest absolute Gasteiger partial charge is 0.341 e. The highest BCUT2D eigenvalue weighted by Crippen LogP contribution is 2.22. The molecule has 0 radical (unpaired) electrons. The van der Waals surface area contributed by atoms with Crippen molar-refractivity contribution in [2.24, 2.45) is 11.8 Å². The maximum atomic E-state index is 12.7. The normalized spacial score (nSPS) is 20.8. The topological polar surface area (TPSA) is 72.5 Å². The Hall–Kier alpha value is -2.41. The monoisotopic (exact) mass is 373 g/mol. The van der Waals surface area contributed by atoms with E-state index in [-0.39, 0.29) is 18.1 Å². The molecule has 1 saturated heterocycles. The fourth-order valence-electron chi connectivity index (χ4n) is 3.83. The molecule has 4 rings (SSSR count). The van der Waals surface area contributed by atoms with Crippen molar-refractivity contribution < 1.29 is 4.79 Å². The minimum Gasteiger partial charge on any atom is -0.341 e. The summed E-state index contributed by atoms with van der Waals surface area (Å²) < 4.78 is 2.59. The van der Waals surface area contributed by atoms with Crippen LogP contribution in [0, 0.1) is 11.8 Å². The van der Waals surface area contributed by atoms with E-state index >= 15 is 0 Å². The van der Waals surface area contributed by atoms with Crippen molar-refractivity contribution in [2.45, 2.75) is 26.8 Å². The van der Waals surface area contributed by atoms with E-state index in [9.17, 15) is 9.59 Å². The molecule has 136 valence electrons. The van der Waals surface area contributed by atoms with Crippen LogP contribution < -0.4 is 5.69 Å². The number of fused-ring (bicyclic) bond motifs is 3. The minimum atomic E-state index is -0.365. The summed E-state index contributed by atoms with van der Waals surface area (Å²) >= 11 is 6.00. The molecule has 0 aliphatic carbocycles. The molecule has 0 bridgehead atoms. The Kier molecular flexibility index (Phi) is 4.19. The van der Waals surface area contributed by atoms with Gasteiger partial charge in [0.1, 0.15) is 12.9 Å². The highest BCUT2D eigenvalue weighted by atomic mass is 35.5. The fourth-order valence-corrected chi connectivity index (χ4v) is 3.99. The van der Waals surface area contributed by atoms with E-state index in [2.05, 4.69) is 23.9 Å². The van der Waals surface area contributed by atoms with E-state index < -0.39 is 0 Å². The molecule has 1 aliphatic rings. The van der Waals surface area contributed by atoms with Gasteiger partial charge in [0.05, 0.1) is 5.52 Å². The van der Waals surface area contributed by atoms with Gasteiger partial charge in [0.25, 0.3) is 0 Å². The van der Waals surface area contributed by atoms with E-state index in [0.29, 0.717) is 28.0 Å². The number of nitrogens with zero attached hydrogens (tertiary/aromatic N) is 5. The van der Waals surface area contributed by atoms with Crippen LogP contribution in [0.5, 0.6) is 0 Å². The summed E-state index contributed by atoms with van der Waals surface area (Å²) in [5.74, 6) is 0.867. The Labute approximate surface area is 155 Å². The first-order valence-corrected chi connectivity index (χ1v) is 9.11. The fraction of sp³-hybridized carbons (Fsp3) is 0.444. The van der Waals surface area contributed by atoms with E-state index in [0.717, 1.165) is 24.9 Å². The summed E-state index contributed by atoms with van der Waals surface area (Å²) in [6.45, 7) is 5.70. The van der Waals surface area contributed by atoms with Crippen LogP contribution in [0.3, 0.4) is 0 Å². The molecule has 0 N–H and O–H groups in total. The zero-order valence-corrected chi connectivity index (χ0v) is 15.5. The largest absolute Gasteiger partial charge is 0.352 e. The number of hydrogen-bond donors (Lipinski definition) is 0. The van der Waals surface area contributed by atoms with Crippen LogP contribution in [0.2, 0.25) is 5.02 Å². The second-order valence-electron chi connectivity index (χ2n) is 7.28. The molecule has 3 aromatic rings. The van der Waals surface area contributed by atoms with Gasteiger partial charge in [0.15, 0.2) is 5.65 Å². The highest BCUT2D eigenvalue weighted by Gasteiger charge is 2.26. The lowest BCUT2D eigenvalue weighted by Gasteiger charge is -2.34. The number of carbonyl (C=O) groups is 1. The van der Waals surface area contributed by atoms with Gasteiger partial charge in [0.2, 0.25) is 5.91 Å². The summed E-state index contributed by atoms with van der Waals surface area (Å²) in [5, 5.41) is 5.67. The Morgan fingerprint density at radius 1 is 1.27 bits per heavy atom. The van der Waals surface area contributed by atoms with Crippen LogP contribution in [0.1, 0.15) is 20.3 Å². The number of hydrogen-bond acceptors (Lipinski definition) is 4. The van der Waals surface area contributed by atoms with E-state index in [1.54, 1.807) is 18.2 Å². The first kappa shape index (κ1) is 17.0. The van der Waals surface area contributed by atoms with Crippen molar-refractivity contribution in [2.75, 3.05) is 13.1 Å². The maximum Gasteiger partial charge on any atom is 0.352 e. The molecule has 8 heteroatoms. The predicted molar refractivity (Wildman–Crippen MR) is 99.3 cm³/mol. The van der Waals surface area contributed by atoms with Gasteiger partial charge in [-0.1, -0.05) is 25.4 Å². The molecule has 1 amide bonds. The molecule has 0 unspecified atom stereocenters. The molecule has 0 saturated carbocycles. The van der Waals surface area contributed by atoms with Crippen molar-refractivity contribution in [1.29, 1.82) is 0 Å². The first-order chi connectivity index (χ1) is 12.4. The molecule has 26 heavy (non-hydrogen) atoms. The SMILES string of the molecule is C[C@@H]1C[C@@H](C)CN(C(=O)Cn2nc3c4ccc(Cl)cc4ncn3c2=O)C1. The van der Waals surface area contributed by atoms with Gasteiger partial charge in [0, 0.05) is 23.5 Å². The van der Waals surface area contributed by atoms with Gasteiger partial charge in [-0.3, -0.25) is 4.79 Å². The molecule has 7 nitrogen and oxygen atoms in total. The molecule has 2 atom stereocenters. The van der Waals surface area contributed by atoms with Crippen LogP contribution in [0.4, 0.5) is 0 Å². The number of amides is 1. The average Bonchev–Trinajstić information content (AvgIpc) is 2.90. The van der Waals surface area contributed by atoms with Crippen LogP contribution in [0.25, 0.3) is 16.6 Å². The van der Waals surface area contributed by atoms with Crippen molar-refractivity contribution >= 4 is 34.1 Å². The number of rotatable bonds is 2. The van der Waals surface area contributed by atoms with Crippen molar-refractivity contribution in [1.82, 2.24) is 24.1 Å². The van der Waals surface area contributed by atoms with Crippen LogP contribution >= 0.6 is 11.6 Å². The first-order valence-electron chi connectivity index (χ1n) is 8.73. The van der Waals surface area contributed by atoms with Crippen molar-refractivity contribution in [3.05, 3.63) is 40.0 Å². The molecule has 2 aromatic heterocycles. The van der Waals surface area contributed by atoms with E-state index in [4.69, 9.17) is 11.6 Å². The third-order valence-electron chi connectivity index (χ3n) is 4.89. The Bertz CT molecular complexity index is 1050. The Morgan fingerprint density at radius 3 is 2.73 bits per heavy atom. The Morgan fingerprint density at radius 2 is 2.00 bits per heavy atom. The van der Waals surface area contributed by atoms with E-state index in [1.807, 2.05) is 4.90 Å². The maximum absolute atomic E-state index is 12.7. The number of likely N-dealkylation sites (tertiary alicyclic amines) is 1. The molecule has 3 heterocycles. The van der Waals surface area contributed by atoms with Crippen LogP contribution in [-0.2, 0) is 11.3 Å². The minimum absolute atomic E-state index is 0.0605. The number of halogens is 1. The lowest BCUT2D eigenvalue weighted by atomic mass is 9.92. The zero-order valence-electron chi connectivity index (χ0n) is 14.7. The lowest BCUT2D eigenvalue weighted by Crippen LogP contribution is -2.45. The number of carbonyl (C=O) groups excluding carboxylic acids is 1. The zero-order chi connectivity index (χ0) is 18.4. The lowest BCUT2D eigenvalue weighted by molar-refractivity contribution is -0.134. The summed E-state index contributed by atoms with van der Waals surface area (Å²) in [6, 6.07) is 5.24. The standard InChI is InChI=1S/C18H20ClN5O2/c1-11-5-12(2)8-22(7-11)16(25)9-24-18(26)23-10-20-15-6-13(19)3-4-14(15)17(23)21-24/h3-4,6,10-12H,5,7-9H2,1-2H3/t11-,12-/m1/s1. The van der Waals surface area contributed by atoms with Crippen molar-refractivity contribution in [3.8, 4) is 0 Å². The molecule has 1 aliphatic heterocycles. The number of aromatic nitrogens is 4. The predicted octanol–water partition coefficient (Wildman–Crippen LogP) is 2.20. The second kappa shape index (κ2) is 6.39. The third kappa shape index (κ3) is 2.96. The van der Waals surface area contributed by atoms with Gasteiger partial charge >= 0.3 is 5.69 Å². The van der Waals surface area contributed by atoms with Crippen LogP contribution in [-0.4, -0.2) is 43.1 Å². The third-order valence-corrected chi connectivity index (χ3v) is 5.13. The Balaban J connectivity index is 1.68. The van der Waals surface area contributed by atoms with E-state index in [1.165, 1.54) is 15.4 Å². The molecular formula is C18H20ClN5O2. The van der Waals surface area contributed by atoms with Gasteiger partial charge < -0.3 is 4.90 Å². The quantitative estimate of drug-likeness (QED) is 0.690. The number of benzene rings is 1. The highest BCUT2D eigenvalue weighted by molar-refractivity contribution is 6.31. The molecule has 0 spiro atoms. The van der Waals surface area contributed by atoms with Gasteiger partial charge in [-0.15, -0.1) is 5.10 Å². The summed E-state index contributed by atoms with van der Waals surface area (Å²) in [7, 11) is 0. The van der Waals surface area contributed by atoms with Crippen molar-refractivity contribution in [3.63, 3.8) is 0 Å². The van der Waals surface area contributed by atoms with Gasteiger partial charge in [-0.2, -0.15) is 0 Å². The summed E-state index contributed by atoms with van der Waals surface area (Å²) in [5.41, 5.74) is 0.771. The molecule has 1 aromatic carbocycles. The van der Waals surface area contributed by atoms with Gasteiger partial charge in [-0.25, -0.2) is 18.9 Å². The van der Waals surface area contributed by atoms with Crippen LogP contribution in [0.15, 0.2) is 29.3 Å². The number of piperidine rings is 1. The molecular weight excluding hydrogens is 354 g/mol.